The van der Waals surface area contributed by atoms with E-state index in [1.54, 1.807) is 0 Å². The number of amides is 1. The van der Waals surface area contributed by atoms with Crippen LogP contribution < -0.4 is 5.32 Å². The van der Waals surface area contributed by atoms with E-state index in [0.717, 1.165) is 26.1 Å². The zero-order valence-electron chi connectivity index (χ0n) is 8.24. The molecule has 0 aromatic rings. The van der Waals surface area contributed by atoms with Crippen LogP contribution in [0.1, 0.15) is 6.42 Å². The molecule has 1 N–H and O–H groups in total. The number of carbonyl (C=O) groups is 1. The van der Waals surface area contributed by atoms with Crippen LogP contribution in [0.3, 0.4) is 0 Å². The summed E-state index contributed by atoms with van der Waals surface area (Å²) < 4.78 is 5.42. The first-order chi connectivity index (χ1) is 6.84. The van der Waals surface area contributed by atoms with Crippen LogP contribution in [0.5, 0.6) is 0 Å². The van der Waals surface area contributed by atoms with E-state index in [4.69, 9.17) is 4.74 Å². The molecule has 14 heavy (non-hydrogen) atoms. The van der Waals surface area contributed by atoms with Crippen LogP contribution in [0.25, 0.3) is 0 Å². The van der Waals surface area contributed by atoms with Crippen LogP contribution in [-0.2, 0) is 9.53 Å². The summed E-state index contributed by atoms with van der Waals surface area (Å²) in [5, 5.41) is 2.81. The molecule has 1 atom stereocenters. The van der Waals surface area contributed by atoms with E-state index in [9.17, 15) is 4.79 Å². The number of morpholine rings is 1. The molecular weight excluding hydrogens is 180 g/mol. The summed E-state index contributed by atoms with van der Waals surface area (Å²) in [6, 6.07) is 0. The second-order valence-corrected chi connectivity index (χ2v) is 3.76. The van der Waals surface area contributed by atoms with E-state index in [1.165, 1.54) is 0 Å². The average Bonchev–Trinajstić information content (AvgIpc) is 2.23. The summed E-state index contributed by atoms with van der Waals surface area (Å²) in [6.07, 6.45) is 5.68. The van der Waals surface area contributed by atoms with Gasteiger partial charge in [0.15, 0.2) is 0 Å². The van der Waals surface area contributed by atoms with Crippen LogP contribution >= 0.6 is 0 Å². The number of carbonyl (C=O) groups excluding carboxylic acids is 1. The third-order valence-electron chi connectivity index (χ3n) is 2.58. The number of hydrogen-bond acceptors (Lipinski definition) is 3. The Bertz CT molecular complexity index is 230. The van der Waals surface area contributed by atoms with Crippen LogP contribution in [0.15, 0.2) is 12.2 Å². The highest BCUT2D eigenvalue weighted by Crippen LogP contribution is 2.05. The van der Waals surface area contributed by atoms with Crippen LogP contribution in [0.2, 0.25) is 0 Å². The molecule has 0 saturated carbocycles. The topological polar surface area (TPSA) is 41.6 Å². The second-order valence-electron chi connectivity index (χ2n) is 3.76. The maximum absolute atomic E-state index is 10.8. The van der Waals surface area contributed by atoms with Gasteiger partial charge in [0.05, 0.1) is 6.10 Å². The maximum atomic E-state index is 10.8. The largest absolute Gasteiger partial charge is 0.365 e. The molecule has 0 radical (unpaired) electrons. The molecular formula is C10H16N2O2. The van der Waals surface area contributed by atoms with E-state index < -0.39 is 0 Å². The Labute approximate surface area is 83.9 Å². The van der Waals surface area contributed by atoms with Gasteiger partial charge in [0, 0.05) is 26.2 Å². The molecule has 4 heteroatoms. The minimum atomic E-state index is -0.000194. The minimum Gasteiger partial charge on any atom is -0.365 e. The molecule has 2 rings (SSSR count). The van der Waals surface area contributed by atoms with Crippen molar-refractivity contribution in [1.29, 1.82) is 0 Å². The molecule has 1 saturated heterocycles. The number of nitrogens with zero attached hydrogens (tertiary/aromatic N) is 1. The summed E-state index contributed by atoms with van der Waals surface area (Å²) in [5.41, 5.74) is 0. The highest BCUT2D eigenvalue weighted by atomic mass is 16.5. The molecule has 0 bridgehead atoms. The van der Waals surface area contributed by atoms with Gasteiger partial charge in [-0.2, -0.15) is 0 Å². The molecule has 0 aromatic carbocycles. The van der Waals surface area contributed by atoms with Gasteiger partial charge in [-0.05, 0) is 6.42 Å². The van der Waals surface area contributed by atoms with Crippen molar-refractivity contribution in [3.05, 3.63) is 12.2 Å². The fourth-order valence-electron chi connectivity index (χ4n) is 1.79. The summed E-state index contributed by atoms with van der Waals surface area (Å²) in [7, 11) is 0. The normalized spacial score (nSPS) is 28.9. The first kappa shape index (κ1) is 9.68. The highest BCUT2D eigenvalue weighted by molar-refractivity contribution is 5.77. The monoisotopic (exact) mass is 196 g/mol. The second kappa shape index (κ2) is 4.57. The Kier molecular flexibility index (Phi) is 3.16. The van der Waals surface area contributed by atoms with Gasteiger partial charge in [0.2, 0.25) is 5.91 Å². The predicted octanol–water partition coefficient (Wildman–Crippen LogP) is -0.237. The maximum Gasteiger partial charge on any atom is 0.246 e. The number of ether oxygens (including phenoxy) is 1. The predicted molar refractivity (Wildman–Crippen MR) is 52.9 cm³/mol. The lowest BCUT2D eigenvalue weighted by Gasteiger charge is -2.30. The lowest BCUT2D eigenvalue weighted by molar-refractivity contribution is -0.133. The Balaban J connectivity index is 1.74. The number of rotatable bonds is 2. The van der Waals surface area contributed by atoms with Gasteiger partial charge in [-0.15, -0.1) is 0 Å². The molecule has 0 spiro atoms. The zero-order valence-corrected chi connectivity index (χ0v) is 8.24. The third-order valence-corrected chi connectivity index (χ3v) is 2.58. The summed E-state index contributed by atoms with van der Waals surface area (Å²) in [5.74, 6) is -0.000194. The SMILES string of the molecule is O=C1COC(CN2CC=CCC2)CN1. The zero-order chi connectivity index (χ0) is 9.80. The smallest absolute Gasteiger partial charge is 0.246 e. The molecule has 78 valence electrons. The van der Waals surface area contributed by atoms with E-state index in [1.807, 2.05) is 0 Å². The van der Waals surface area contributed by atoms with Crippen molar-refractivity contribution in [2.45, 2.75) is 12.5 Å². The third kappa shape index (κ3) is 2.56. The Hall–Kier alpha value is -0.870. The van der Waals surface area contributed by atoms with Crippen LogP contribution in [0.4, 0.5) is 0 Å². The van der Waals surface area contributed by atoms with Gasteiger partial charge in [0.1, 0.15) is 6.61 Å². The van der Waals surface area contributed by atoms with E-state index >= 15 is 0 Å². The average molecular weight is 196 g/mol. The molecule has 1 amide bonds. The Morgan fingerprint density at radius 3 is 3.14 bits per heavy atom. The Morgan fingerprint density at radius 2 is 2.50 bits per heavy atom. The molecule has 1 unspecified atom stereocenters. The molecule has 1 fully saturated rings. The highest BCUT2D eigenvalue weighted by Gasteiger charge is 2.20. The van der Waals surface area contributed by atoms with E-state index in [-0.39, 0.29) is 18.6 Å². The molecule has 4 nitrogen and oxygen atoms in total. The van der Waals surface area contributed by atoms with Crippen LogP contribution in [-0.4, -0.2) is 49.7 Å². The fraction of sp³-hybridized carbons (Fsp3) is 0.700. The molecule has 0 aromatic heterocycles. The lowest BCUT2D eigenvalue weighted by atomic mass is 10.2. The van der Waals surface area contributed by atoms with Crippen molar-refractivity contribution in [2.75, 3.05) is 32.8 Å². The standard InChI is InChI=1S/C10H16N2O2/c13-10-8-14-9(6-11-10)7-12-4-2-1-3-5-12/h1-2,9H,3-8H2,(H,11,13). The van der Waals surface area contributed by atoms with Gasteiger partial charge in [-0.3, -0.25) is 9.69 Å². The van der Waals surface area contributed by atoms with E-state index in [0.29, 0.717) is 6.54 Å². The van der Waals surface area contributed by atoms with Gasteiger partial charge in [-0.25, -0.2) is 0 Å². The van der Waals surface area contributed by atoms with Gasteiger partial charge < -0.3 is 10.1 Å². The molecule has 2 heterocycles. The molecule has 0 aliphatic carbocycles. The summed E-state index contributed by atoms with van der Waals surface area (Å²) in [4.78, 5) is 13.2. The van der Waals surface area contributed by atoms with Crippen molar-refractivity contribution < 1.29 is 9.53 Å². The summed E-state index contributed by atoms with van der Waals surface area (Å²) in [6.45, 7) is 3.90. The fourth-order valence-corrected chi connectivity index (χ4v) is 1.79. The van der Waals surface area contributed by atoms with E-state index in [2.05, 4.69) is 22.4 Å². The van der Waals surface area contributed by atoms with Crippen molar-refractivity contribution >= 4 is 5.91 Å². The molecule has 2 aliphatic rings. The van der Waals surface area contributed by atoms with Crippen molar-refractivity contribution in [2.24, 2.45) is 0 Å². The summed E-state index contributed by atoms with van der Waals surface area (Å²) >= 11 is 0. The number of hydrogen-bond donors (Lipinski definition) is 1. The van der Waals surface area contributed by atoms with Gasteiger partial charge >= 0.3 is 0 Å². The number of nitrogens with one attached hydrogen (secondary N) is 1. The van der Waals surface area contributed by atoms with Crippen molar-refractivity contribution in [3.63, 3.8) is 0 Å². The lowest BCUT2D eigenvalue weighted by Crippen LogP contribution is -2.48. The first-order valence-electron chi connectivity index (χ1n) is 5.10. The van der Waals surface area contributed by atoms with Crippen LogP contribution in [0, 0.1) is 0 Å². The Morgan fingerprint density at radius 1 is 1.57 bits per heavy atom. The van der Waals surface area contributed by atoms with Gasteiger partial charge in [0.25, 0.3) is 0 Å². The quantitative estimate of drug-likeness (QED) is 0.620. The first-order valence-corrected chi connectivity index (χ1v) is 5.10. The van der Waals surface area contributed by atoms with Gasteiger partial charge in [-0.1, -0.05) is 12.2 Å². The van der Waals surface area contributed by atoms with Crippen molar-refractivity contribution in [1.82, 2.24) is 10.2 Å². The minimum absolute atomic E-state index is 0.000194. The molecule has 2 aliphatic heterocycles. The van der Waals surface area contributed by atoms with Crippen molar-refractivity contribution in [3.8, 4) is 0 Å².